The quantitative estimate of drug-likeness (QED) is 0.564. The van der Waals surface area contributed by atoms with Crippen LogP contribution >= 0.6 is 0 Å². The smallest absolute Gasteiger partial charge is 0.256 e. The van der Waals surface area contributed by atoms with Gasteiger partial charge in [-0.1, -0.05) is 48.5 Å². The van der Waals surface area contributed by atoms with E-state index in [0.717, 1.165) is 22.3 Å². The number of carbonyl (C=O) groups is 1. The van der Waals surface area contributed by atoms with E-state index in [1.807, 2.05) is 85.3 Å². The van der Waals surface area contributed by atoms with Gasteiger partial charge in [-0.2, -0.15) is 5.10 Å². The summed E-state index contributed by atoms with van der Waals surface area (Å²) >= 11 is 0. The van der Waals surface area contributed by atoms with Gasteiger partial charge in [-0.05, 0) is 32.0 Å². The number of hydrogen-bond donors (Lipinski definition) is 1. The first-order chi connectivity index (χ1) is 13.1. The Bertz CT molecular complexity index is 1090. The number of amides is 1. The van der Waals surface area contributed by atoms with Gasteiger partial charge in [0.25, 0.3) is 5.91 Å². The predicted molar refractivity (Wildman–Crippen MR) is 108 cm³/mol. The van der Waals surface area contributed by atoms with Crippen LogP contribution in [0.15, 0.2) is 72.9 Å². The second kappa shape index (κ2) is 7.03. The zero-order valence-electron chi connectivity index (χ0n) is 15.3. The van der Waals surface area contributed by atoms with E-state index in [1.54, 1.807) is 6.20 Å². The molecule has 27 heavy (non-hydrogen) atoms. The molecule has 0 unspecified atom stereocenters. The maximum atomic E-state index is 13.0. The summed E-state index contributed by atoms with van der Waals surface area (Å²) in [6, 6.07) is 21.3. The van der Waals surface area contributed by atoms with E-state index in [-0.39, 0.29) is 11.9 Å². The number of fused-ring (bicyclic) bond motifs is 1. The fourth-order valence-corrected chi connectivity index (χ4v) is 3.06. The topological polar surface area (TPSA) is 59.8 Å². The Labute approximate surface area is 157 Å². The number of nitrogens with zero attached hydrogens (tertiary/aromatic N) is 3. The molecule has 5 nitrogen and oxygen atoms in total. The highest BCUT2D eigenvalue weighted by atomic mass is 16.1. The first-order valence-electron chi connectivity index (χ1n) is 8.93. The first-order valence-corrected chi connectivity index (χ1v) is 8.93. The van der Waals surface area contributed by atoms with Gasteiger partial charge in [0.05, 0.1) is 22.8 Å². The number of para-hydroxylation sites is 1. The molecular weight excluding hydrogens is 336 g/mol. The molecule has 0 saturated carbocycles. The van der Waals surface area contributed by atoms with Crippen molar-refractivity contribution in [3.05, 3.63) is 78.5 Å². The Kier molecular flexibility index (Phi) is 4.42. The van der Waals surface area contributed by atoms with Gasteiger partial charge in [0, 0.05) is 17.3 Å². The van der Waals surface area contributed by atoms with Crippen molar-refractivity contribution < 1.29 is 4.79 Å². The van der Waals surface area contributed by atoms with Gasteiger partial charge in [-0.25, -0.2) is 9.67 Å². The normalized spacial score (nSPS) is 11.1. The van der Waals surface area contributed by atoms with Crippen LogP contribution in [0.2, 0.25) is 0 Å². The van der Waals surface area contributed by atoms with Gasteiger partial charge in [-0.3, -0.25) is 4.79 Å². The van der Waals surface area contributed by atoms with Gasteiger partial charge in [0.2, 0.25) is 0 Å². The number of anilines is 1. The zero-order chi connectivity index (χ0) is 18.8. The van der Waals surface area contributed by atoms with Crippen LogP contribution in [0.4, 0.5) is 5.69 Å². The Morgan fingerprint density at radius 2 is 1.67 bits per heavy atom. The first kappa shape index (κ1) is 17.0. The largest absolute Gasteiger partial charge is 0.322 e. The highest BCUT2D eigenvalue weighted by Crippen LogP contribution is 2.27. The van der Waals surface area contributed by atoms with Gasteiger partial charge in [0.15, 0.2) is 5.65 Å². The summed E-state index contributed by atoms with van der Waals surface area (Å²) in [6.45, 7) is 4.10. The minimum atomic E-state index is -0.172. The second-order valence-corrected chi connectivity index (χ2v) is 6.66. The maximum absolute atomic E-state index is 13.0. The second-order valence-electron chi connectivity index (χ2n) is 6.66. The SMILES string of the molecule is CC(C)n1ncc2c(C(=O)Nc3ccccc3)cc(-c3ccccc3)nc21. The molecule has 0 bridgehead atoms. The summed E-state index contributed by atoms with van der Waals surface area (Å²) in [5.74, 6) is -0.172. The molecule has 0 aliphatic heterocycles. The number of nitrogens with one attached hydrogen (secondary N) is 1. The zero-order valence-corrected chi connectivity index (χ0v) is 15.3. The minimum Gasteiger partial charge on any atom is -0.322 e. The van der Waals surface area contributed by atoms with E-state index in [2.05, 4.69) is 10.4 Å². The van der Waals surface area contributed by atoms with E-state index in [9.17, 15) is 4.79 Å². The van der Waals surface area contributed by atoms with Crippen molar-refractivity contribution in [3.8, 4) is 11.3 Å². The molecule has 0 aliphatic rings. The summed E-state index contributed by atoms with van der Waals surface area (Å²) in [5, 5.41) is 8.16. The van der Waals surface area contributed by atoms with Crippen molar-refractivity contribution in [1.82, 2.24) is 14.8 Å². The highest BCUT2D eigenvalue weighted by molar-refractivity contribution is 6.12. The monoisotopic (exact) mass is 356 g/mol. The van der Waals surface area contributed by atoms with Gasteiger partial charge < -0.3 is 5.32 Å². The number of pyridine rings is 1. The van der Waals surface area contributed by atoms with Crippen LogP contribution in [0.5, 0.6) is 0 Å². The van der Waals surface area contributed by atoms with Crippen molar-refractivity contribution in [2.45, 2.75) is 19.9 Å². The van der Waals surface area contributed by atoms with E-state index in [0.29, 0.717) is 11.2 Å². The van der Waals surface area contributed by atoms with Crippen LogP contribution < -0.4 is 5.32 Å². The standard InChI is InChI=1S/C22H20N4O/c1-15(2)26-21-19(14-23-26)18(22(27)24-17-11-7-4-8-12-17)13-20(25-21)16-9-5-3-6-10-16/h3-15H,1-2H3,(H,24,27). The minimum absolute atomic E-state index is 0.144. The van der Waals surface area contributed by atoms with E-state index in [1.165, 1.54) is 0 Å². The van der Waals surface area contributed by atoms with Crippen molar-refractivity contribution >= 4 is 22.6 Å². The summed E-state index contributed by atoms with van der Waals surface area (Å²) in [7, 11) is 0. The average Bonchev–Trinajstić information content (AvgIpc) is 3.13. The summed E-state index contributed by atoms with van der Waals surface area (Å²) in [6.07, 6.45) is 1.72. The van der Waals surface area contributed by atoms with Crippen molar-refractivity contribution in [3.63, 3.8) is 0 Å². The molecule has 4 aromatic rings. The number of hydrogen-bond acceptors (Lipinski definition) is 3. The third kappa shape index (κ3) is 3.31. The molecule has 0 atom stereocenters. The molecular formula is C22H20N4O. The van der Waals surface area contributed by atoms with Crippen LogP contribution in [-0.4, -0.2) is 20.7 Å². The average molecular weight is 356 g/mol. The summed E-state index contributed by atoms with van der Waals surface area (Å²) in [4.78, 5) is 17.8. The lowest BCUT2D eigenvalue weighted by Gasteiger charge is -2.11. The molecule has 4 rings (SSSR count). The molecule has 0 radical (unpaired) electrons. The summed E-state index contributed by atoms with van der Waals surface area (Å²) in [5.41, 5.74) is 3.75. The van der Waals surface area contributed by atoms with E-state index < -0.39 is 0 Å². The van der Waals surface area contributed by atoms with Crippen molar-refractivity contribution in [2.24, 2.45) is 0 Å². The van der Waals surface area contributed by atoms with E-state index >= 15 is 0 Å². The highest BCUT2D eigenvalue weighted by Gasteiger charge is 2.18. The molecule has 0 saturated heterocycles. The molecule has 2 aromatic carbocycles. The molecule has 134 valence electrons. The number of carbonyl (C=O) groups excluding carboxylic acids is 1. The van der Waals surface area contributed by atoms with Crippen LogP contribution in [0, 0.1) is 0 Å². The van der Waals surface area contributed by atoms with Crippen LogP contribution in [0.1, 0.15) is 30.2 Å². The number of aromatic nitrogens is 3. The maximum Gasteiger partial charge on any atom is 0.256 e. The third-order valence-electron chi connectivity index (χ3n) is 4.40. The molecule has 0 aliphatic carbocycles. The fraction of sp³-hybridized carbons (Fsp3) is 0.136. The lowest BCUT2D eigenvalue weighted by Crippen LogP contribution is -2.13. The molecule has 2 aromatic heterocycles. The predicted octanol–water partition coefficient (Wildman–Crippen LogP) is 4.93. The lowest BCUT2D eigenvalue weighted by molar-refractivity contribution is 0.102. The van der Waals surface area contributed by atoms with Gasteiger partial charge in [-0.15, -0.1) is 0 Å². The number of benzene rings is 2. The fourth-order valence-electron chi connectivity index (χ4n) is 3.06. The van der Waals surface area contributed by atoms with Crippen LogP contribution in [0.25, 0.3) is 22.3 Å². The lowest BCUT2D eigenvalue weighted by atomic mass is 10.1. The molecule has 1 N–H and O–H groups in total. The van der Waals surface area contributed by atoms with Crippen molar-refractivity contribution in [1.29, 1.82) is 0 Å². The Morgan fingerprint density at radius 1 is 1.00 bits per heavy atom. The van der Waals surface area contributed by atoms with Gasteiger partial charge >= 0.3 is 0 Å². The Balaban J connectivity index is 1.86. The summed E-state index contributed by atoms with van der Waals surface area (Å²) < 4.78 is 1.85. The van der Waals surface area contributed by atoms with Crippen LogP contribution in [0.3, 0.4) is 0 Å². The molecule has 0 fully saturated rings. The Morgan fingerprint density at radius 3 is 2.33 bits per heavy atom. The van der Waals surface area contributed by atoms with Gasteiger partial charge in [0.1, 0.15) is 0 Å². The van der Waals surface area contributed by atoms with E-state index in [4.69, 9.17) is 4.98 Å². The van der Waals surface area contributed by atoms with Crippen LogP contribution in [-0.2, 0) is 0 Å². The molecule has 5 heteroatoms. The Hall–Kier alpha value is -3.47. The third-order valence-corrected chi connectivity index (χ3v) is 4.40. The number of rotatable bonds is 4. The molecule has 0 spiro atoms. The van der Waals surface area contributed by atoms with Crippen molar-refractivity contribution in [2.75, 3.05) is 5.32 Å². The molecule has 2 heterocycles. The molecule has 1 amide bonds.